The van der Waals surface area contributed by atoms with Crippen LogP contribution in [0.2, 0.25) is 0 Å². The van der Waals surface area contributed by atoms with E-state index in [-0.39, 0.29) is 5.91 Å². The molecule has 0 bridgehead atoms. The zero-order valence-corrected chi connectivity index (χ0v) is 16.1. The zero-order valence-electron chi connectivity index (χ0n) is 15.3. The molecule has 0 saturated carbocycles. The minimum Gasteiger partial charge on any atom is -0.326 e. The number of hydrogen-bond donors (Lipinski definition) is 2. The first-order valence-corrected chi connectivity index (χ1v) is 9.65. The van der Waals surface area contributed by atoms with E-state index in [0.717, 1.165) is 35.5 Å². The van der Waals surface area contributed by atoms with E-state index in [1.165, 1.54) is 17.5 Å². The van der Waals surface area contributed by atoms with Crippen LogP contribution in [-0.2, 0) is 24.2 Å². The van der Waals surface area contributed by atoms with E-state index in [4.69, 9.17) is 12.2 Å². The van der Waals surface area contributed by atoms with E-state index < -0.39 is 0 Å². The Morgan fingerprint density at radius 1 is 1.22 bits per heavy atom. The highest BCUT2D eigenvalue weighted by Crippen LogP contribution is 2.25. The number of aryl methyl sites for hydroxylation is 3. The van der Waals surface area contributed by atoms with Crippen molar-refractivity contribution in [2.45, 2.75) is 39.2 Å². The van der Waals surface area contributed by atoms with E-state index in [9.17, 15) is 4.79 Å². The molecule has 27 heavy (non-hydrogen) atoms. The monoisotopic (exact) mass is 378 g/mol. The predicted octanol–water partition coefficient (Wildman–Crippen LogP) is 4.43. The van der Waals surface area contributed by atoms with Gasteiger partial charge in [0.25, 0.3) is 0 Å². The molecule has 0 spiro atoms. The van der Waals surface area contributed by atoms with Crippen LogP contribution in [-0.4, -0.2) is 20.7 Å². The Hall–Kier alpha value is -2.73. The van der Waals surface area contributed by atoms with Gasteiger partial charge in [-0.2, -0.15) is 5.10 Å². The average molecular weight is 379 g/mol. The van der Waals surface area contributed by atoms with Crippen molar-refractivity contribution in [3.8, 4) is 11.4 Å². The lowest BCUT2D eigenvalue weighted by molar-refractivity contribution is -0.116. The van der Waals surface area contributed by atoms with Crippen LogP contribution in [0.5, 0.6) is 0 Å². The smallest absolute Gasteiger partial charge is 0.226 e. The number of aromatic nitrogens is 3. The van der Waals surface area contributed by atoms with Crippen molar-refractivity contribution in [3.63, 3.8) is 0 Å². The maximum atomic E-state index is 12.4. The van der Waals surface area contributed by atoms with Gasteiger partial charge < -0.3 is 5.32 Å². The number of rotatable bonds is 5. The van der Waals surface area contributed by atoms with E-state index in [1.807, 2.05) is 35.8 Å². The largest absolute Gasteiger partial charge is 0.326 e. The van der Waals surface area contributed by atoms with Crippen molar-refractivity contribution in [2.75, 3.05) is 5.32 Å². The summed E-state index contributed by atoms with van der Waals surface area (Å²) < 4.78 is 2.41. The molecule has 1 aliphatic rings. The maximum absolute atomic E-state index is 12.4. The molecule has 1 amide bonds. The molecule has 4 rings (SSSR count). The third kappa shape index (κ3) is 3.85. The fourth-order valence-corrected chi connectivity index (χ4v) is 3.84. The standard InChI is InChI=1S/C21H22N4OS/c1-14-4-2-7-17(12-14)20-23-24-21(27)25(20)11-10-19(26)22-18-9-8-15-5-3-6-16(15)13-18/h2,4,7-9,12-13H,3,5-6,10-11H2,1H3,(H,22,26)(H,24,27). The second-order valence-corrected chi connectivity index (χ2v) is 7.40. The number of carbonyl (C=O) groups excluding carboxylic acids is 1. The Morgan fingerprint density at radius 2 is 2.07 bits per heavy atom. The third-order valence-corrected chi connectivity index (χ3v) is 5.29. The molecule has 0 radical (unpaired) electrons. The predicted molar refractivity (Wildman–Crippen MR) is 109 cm³/mol. The fraction of sp³-hybridized carbons (Fsp3) is 0.286. The van der Waals surface area contributed by atoms with Gasteiger partial charge in [0.1, 0.15) is 0 Å². The Morgan fingerprint density at radius 3 is 2.93 bits per heavy atom. The minimum absolute atomic E-state index is 0.0220. The lowest BCUT2D eigenvalue weighted by atomic mass is 10.1. The first-order valence-electron chi connectivity index (χ1n) is 9.24. The van der Waals surface area contributed by atoms with E-state index in [1.54, 1.807) is 0 Å². The van der Waals surface area contributed by atoms with Crippen LogP contribution in [0.15, 0.2) is 42.5 Å². The van der Waals surface area contributed by atoms with E-state index in [0.29, 0.717) is 17.7 Å². The highest BCUT2D eigenvalue weighted by atomic mass is 32.1. The molecule has 0 saturated heterocycles. The molecule has 0 unspecified atom stereocenters. The zero-order chi connectivity index (χ0) is 18.8. The Labute approximate surface area is 163 Å². The lowest BCUT2D eigenvalue weighted by Gasteiger charge is -2.09. The molecule has 138 valence electrons. The lowest BCUT2D eigenvalue weighted by Crippen LogP contribution is -2.15. The van der Waals surface area contributed by atoms with Crippen molar-refractivity contribution in [1.29, 1.82) is 0 Å². The van der Waals surface area contributed by atoms with Crippen molar-refractivity contribution in [2.24, 2.45) is 0 Å². The highest BCUT2D eigenvalue weighted by molar-refractivity contribution is 7.71. The number of carbonyl (C=O) groups is 1. The van der Waals surface area contributed by atoms with Crippen molar-refractivity contribution in [1.82, 2.24) is 14.8 Å². The van der Waals surface area contributed by atoms with Crippen molar-refractivity contribution >= 4 is 23.8 Å². The van der Waals surface area contributed by atoms with Gasteiger partial charge in [-0.3, -0.25) is 14.5 Å². The summed E-state index contributed by atoms with van der Waals surface area (Å²) in [6.45, 7) is 2.52. The summed E-state index contributed by atoms with van der Waals surface area (Å²) >= 11 is 5.35. The molecule has 1 aromatic heterocycles. The van der Waals surface area contributed by atoms with E-state index >= 15 is 0 Å². The molecular weight excluding hydrogens is 356 g/mol. The Kier molecular flexibility index (Phi) is 4.90. The number of anilines is 1. The summed E-state index contributed by atoms with van der Waals surface area (Å²) in [6.07, 6.45) is 3.78. The molecule has 0 aliphatic heterocycles. The number of aromatic amines is 1. The van der Waals surface area contributed by atoms with Gasteiger partial charge in [-0.15, -0.1) is 0 Å². The SMILES string of the molecule is Cc1cccc(-c2n[nH]c(=S)n2CCC(=O)Nc2ccc3c(c2)CCC3)c1. The quantitative estimate of drug-likeness (QED) is 0.646. The summed E-state index contributed by atoms with van der Waals surface area (Å²) in [4.78, 5) is 12.4. The fourth-order valence-electron chi connectivity index (χ4n) is 3.62. The molecular formula is C21H22N4OS. The second kappa shape index (κ2) is 7.48. The topological polar surface area (TPSA) is 62.7 Å². The minimum atomic E-state index is -0.0220. The van der Waals surface area contributed by atoms with Gasteiger partial charge >= 0.3 is 0 Å². The molecule has 1 aliphatic carbocycles. The first-order chi connectivity index (χ1) is 13.1. The van der Waals surface area contributed by atoms with Gasteiger partial charge in [0, 0.05) is 24.2 Å². The van der Waals surface area contributed by atoms with Crippen LogP contribution in [0, 0.1) is 11.7 Å². The molecule has 5 nitrogen and oxygen atoms in total. The van der Waals surface area contributed by atoms with Crippen molar-refractivity contribution < 1.29 is 4.79 Å². The van der Waals surface area contributed by atoms with Gasteiger partial charge in [-0.1, -0.05) is 29.8 Å². The summed E-state index contributed by atoms with van der Waals surface area (Å²) in [7, 11) is 0. The number of H-pyrrole nitrogens is 1. The number of fused-ring (bicyclic) bond motifs is 1. The summed E-state index contributed by atoms with van der Waals surface area (Å²) in [5, 5.41) is 10.2. The molecule has 2 N–H and O–H groups in total. The average Bonchev–Trinajstić information content (AvgIpc) is 3.26. The van der Waals surface area contributed by atoms with Crippen LogP contribution in [0.1, 0.15) is 29.5 Å². The number of nitrogens with one attached hydrogen (secondary N) is 2. The summed E-state index contributed by atoms with van der Waals surface area (Å²) in [6, 6.07) is 14.3. The van der Waals surface area contributed by atoms with Gasteiger partial charge in [0.05, 0.1) is 0 Å². The van der Waals surface area contributed by atoms with Gasteiger partial charge in [0.15, 0.2) is 10.6 Å². The number of amides is 1. The van der Waals surface area contributed by atoms with Crippen LogP contribution in [0.4, 0.5) is 5.69 Å². The summed E-state index contributed by atoms with van der Waals surface area (Å²) in [5.74, 6) is 0.736. The number of nitrogens with zero attached hydrogens (tertiary/aromatic N) is 2. The molecule has 1 heterocycles. The maximum Gasteiger partial charge on any atom is 0.226 e. The summed E-state index contributed by atoms with van der Waals surface area (Å²) in [5.41, 5.74) is 5.77. The molecule has 2 aromatic carbocycles. The van der Waals surface area contributed by atoms with Gasteiger partial charge in [-0.25, -0.2) is 0 Å². The third-order valence-electron chi connectivity index (χ3n) is 4.98. The van der Waals surface area contributed by atoms with Crippen LogP contribution in [0.25, 0.3) is 11.4 Å². The number of benzene rings is 2. The van der Waals surface area contributed by atoms with Gasteiger partial charge in [-0.05, 0) is 67.7 Å². The molecule has 0 fully saturated rings. The van der Waals surface area contributed by atoms with Crippen LogP contribution in [0.3, 0.4) is 0 Å². The normalized spacial score (nSPS) is 12.8. The second-order valence-electron chi connectivity index (χ2n) is 7.01. The Bertz CT molecular complexity index is 1050. The molecule has 3 aromatic rings. The van der Waals surface area contributed by atoms with Crippen LogP contribution >= 0.6 is 12.2 Å². The van der Waals surface area contributed by atoms with Crippen LogP contribution < -0.4 is 5.32 Å². The first kappa shape index (κ1) is 17.7. The Balaban J connectivity index is 1.45. The number of hydrogen-bond acceptors (Lipinski definition) is 3. The molecule has 6 heteroatoms. The highest BCUT2D eigenvalue weighted by Gasteiger charge is 2.13. The van der Waals surface area contributed by atoms with Gasteiger partial charge in [0.2, 0.25) is 5.91 Å². The molecule has 0 atom stereocenters. The van der Waals surface area contributed by atoms with Crippen molar-refractivity contribution in [3.05, 3.63) is 63.9 Å². The van der Waals surface area contributed by atoms with E-state index in [2.05, 4.69) is 33.7 Å².